The number of pyridine rings is 2. The van der Waals surface area contributed by atoms with Gasteiger partial charge in [0.2, 0.25) is 0 Å². The van der Waals surface area contributed by atoms with Gasteiger partial charge in [0.15, 0.2) is 23.3 Å². The highest BCUT2D eigenvalue weighted by atomic mass is 19.1. The number of esters is 1. The lowest BCUT2D eigenvalue weighted by Crippen LogP contribution is -2.37. The second kappa shape index (κ2) is 13.8. The van der Waals surface area contributed by atoms with Crippen LogP contribution in [0.2, 0.25) is 0 Å². The van der Waals surface area contributed by atoms with Crippen molar-refractivity contribution in [2.75, 3.05) is 41.8 Å². The zero-order valence-electron chi connectivity index (χ0n) is 24.8. The summed E-state index contributed by atoms with van der Waals surface area (Å²) in [7, 11) is 0. The molecule has 1 fully saturated rings. The molecule has 10 nitrogen and oxygen atoms in total. The maximum absolute atomic E-state index is 15.4. The van der Waals surface area contributed by atoms with E-state index in [0.29, 0.717) is 32.7 Å². The standard InChI is InChI=1S/C31H38F2N6O4/c1-19(14-26(40)43-31(2,3)4)25(15-20-8-6-5-7-9-20)37-29-23(32)17-22(27(34)41)28(38-29)36-21-16-24(33)30(35-18-21)39-10-12-42-13-11-39/h5-9,16-19,25H,10-15H2,1-4H3,(H2,34,41)(H2,36,37,38)/t19-,25-/m1/s1. The second-order valence-corrected chi connectivity index (χ2v) is 11.5. The average molecular weight is 597 g/mol. The number of morpholine rings is 1. The number of carbonyl (C=O) groups excluding carboxylic acids is 2. The van der Waals surface area contributed by atoms with Gasteiger partial charge in [0.05, 0.1) is 37.1 Å². The topological polar surface area (TPSA) is 132 Å². The summed E-state index contributed by atoms with van der Waals surface area (Å²) in [5, 5.41) is 5.99. The van der Waals surface area contributed by atoms with Gasteiger partial charge < -0.3 is 30.7 Å². The number of primary amides is 1. The molecule has 1 saturated heterocycles. The highest BCUT2D eigenvalue weighted by Gasteiger charge is 2.26. The van der Waals surface area contributed by atoms with Crippen LogP contribution in [0.25, 0.3) is 0 Å². The Morgan fingerprint density at radius 3 is 2.42 bits per heavy atom. The van der Waals surface area contributed by atoms with Crippen LogP contribution in [0.4, 0.5) is 31.9 Å². The molecule has 12 heteroatoms. The van der Waals surface area contributed by atoms with E-state index in [1.54, 1.807) is 25.7 Å². The molecule has 1 aliphatic rings. The number of hydrogen-bond donors (Lipinski definition) is 3. The molecule has 0 radical (unpaired) electrons. The van der Waals surface area contributed by atoms with Crippen molar-refractivity contribution < 1.29 is 27.8 Å². The molecule has 4 N–H and O–H groups in total. The number of ether oxygens (including phenoxy) is 2. The van der Waals surface area contributed by atoms with Crippen molar-refractivity contribution in [3.8, 4) is 0 Å². The van der Waals surface area contributed by atoms with Crippen LogP contribution < -0.4 is 21.3 Å². The Morgan fingerprint density at radius 1 is 1.09 bits per heavy atom. The molecule has 0 unspecified atom stereocenters. The molecule has 4 rings (SSSR count). The van der Waals surface area contributed by atoms with Crippen LogP contribution in [-0.2, 0) is 20.7 Å². The number of halogens is 2. The van der Waals surface area contributed by atoms with Crippen molar-refractivity contribution in [3.05, 3.63) is 71.4 Å². The zero-order valence-corrected chi connectivity index (χ0v) is 24.8. The van der Waals surface area contributed by atoms with E-state index in [1.165, 1.54) is 12.3 Å². The first-order valence-electron chi connectivity index (χ1n) is 14.2. The zero-order chi connectivity index (χ0) is 31.1. The molecule has 3 heterocycles. The maximum Gasteiger partial charge on any atom is 0.306 e. The average Bonchev–Trinajstić information content (AvgIpc) is 2.94. The van der Waals surface area contributed by atoms with Crippen LogP contribution in [-0.4, -0.2) is 59.8 Å². The highest BCUT2D eigenvalue weighted by molar-refractivity contribution is 5.98. The summed E-state index contributed by atoms with van der Waals surface area (Å²) in [6.45, 7) is 9.20. The minimum absolute atomic E-state index is 0.0741. The van der Waals surface area contributed by atoms with Gasteiger partial charge in [0.25, 0.3) is 5.91 Å². The first-order valence-corrected chi connectivity index (χ1v) is 14.2. The Morgan fingerprint density at radius 2 is 1.79 bits per heavy atom. The highest BCUT2D eigenvalue weighted by Crippen LogP contribution is 2.28. The summed E-state index contributed by atoms with van der Waals surface area (Å²) in [6.07, 6.45) is 1.93. The fraction of sp³-hybridized carbons (Fsp3) is 0.419. The lowest BCUT2D eigenvalue weighted by atomic mass is 9.92. The predicted molar refractivity (Wildman–Crippen MR) is 160 cm³/mol. The van der Waals surface area contributed by atoms with E-state index in [0.717, 1.165) is 11.6 Å². The number of benzene rings is 1. The molecular formula is C31H38F2N6O4. The van der Waals surface area contributed by atoms with E-state index in [2.05, 4.69) is 20.6 Å². The molecule has 0 bridgehead atoms. The third kappa shape index (κ3) is 8.84. The van der Waals surface area contributed by atoms with Crippen molar-refractivity contribution in [2.24, 2.45) is 11.7 Å². The summed E-state index contributed by atoms with van der Waals surface area (Å²) in [5.41, 5.74) is 5.82. The largest absolute Gasteiger partial charge is 0.460 e. The van der Waals surface area contributed by atoms with E-state index in [9.17, 15) is 9.59 Å². The summed E-state index contributed by atoms with van der Waals surface area (Å²) in [6, 6.07) is 11.3. The predicted octanol–water partition coefficient (Wildman–Crippen LogP) is 4.83. The van der Waals surface area contributed by atoms with Gasteiger partial charge in [-0.3, -0.25) is 9.59 Å². The van der Waals surface area contributed by atoms with E-state index < -0.39 is 29.2 Å². The molecule has 1 amide bonds. The van der Waals surface area contributed by atoms with Crippen molar-refractivity contribution >= 4 is 35.0 Å². The van der Waals surface area contributed by atoms with Gasteiger partial charge in [0, 0.05) is 25.2 Å². The molecule has 0 spiro atoms. The summed E-state index contributed by atoms with van der Waals surface area (Å²) in [4.78, 5) is 35.2. The number of hydrogen-bond acceptors (Lipinski definition) is 9. The molecule has 2 atom stereocenters. The van der Waals surface area contributed by atoms with Gasteiger partial charge in [-0.2, -0.15) is 0 Å². The Kier molecular flexibility index (Phi) is 10.1. The molecule has 0 aliphatic carbocycles. The van der Waals surface area contributed by atoms with Crippen molar-refractivity contribution in [2.45, 2.75) is 52.2 Å². The lowest BCUT2D eigenvalue weighted by Gasteiger charge is -2.28. The number of nitrogens with two attached hydrogens (primary N) is 1. The van der Waals surface area contributed by atoms with E-state index in [4.69, 9.17) is 15.2 Å². The third-order valence-corrected chi connectivity index (χ3v) is 6.85. The van der Waals surface area contributed by atoms with Gasteiger partial charge in [0.1, 0.15) is 11.4 Å². The van der Waals surface area contributed by atoms with Crippen molar-refractivity contribution in [3.63, 3.8) is 0 Å². The van der Waals surface area contributed by atoms with Crippen LogP contribution in [0.3, 0.4) is 0 Å². The fourth-order valence-electron chi connectivity index (χ4n) is 4.74. The normalized spacial score (nSPS) is 15.0. The molecule has 43 heavy (non-hydrogen) atoms. The third-order valence-electron chi connectivity index (χ3n) is 6.85. The summed E-state index contributed by atoms with van der Waals surface area (Å²) >= 11 is 0. The first kappa shape index (κ1) is 31.6. The molecule has 1 aliphatic heterocycles. The fourth-order valence-corrected chi connectivity index (χ4v) is 4.74. The number of amides is 1. The lowest BCUT2D eigenvalue weighted by molar-refractivity contribution is -0.155. The molecular weight excluding hydrogens is 558 g/mol. The van der Waals surface area contributed by atoms with Crippen molar-refractivity contribution in [1.29, 1.82) is 0 Å². The van der Waals surface area contributed by atoms with Crippen LogP contribution in [0.5, 0.6) is 0 Å². The summed E-state index contributed by atoms with van der Waals surface area (Å²) < 4.78 is 41.2. The second-order valence-electron chi connectivity index (χ2n) is 11.5. The Bertz CT molecular complexity index is 1430. The van der Waals surface area contributed by atoms with Gasteiger partial charge in [-0.05, 0) is 44.7 Å². The number of rotatable bonds is 11. The number of nitrogens with zero attached hydrogens (tertiary/aromatic N) is 3. The van der Waals surface area contributed by atoms with Crippen molar-refractivity contribution in [1.82, 2.24) is 9.97 Å². The Labute approximate surface area is 250 Å². The molecule has 230 valence electrons. The minimum Gasteiger partial charge on any atom is -0.460 e. The van der Waals surface area contributed by atoms with Crippen LogP contribution >= 0.6 is 0 Å². The smallest absolute Gasteiger partial charge is 0.306 e. The van der Waals surface area contributed by atoms with E-state index in [1.807, 2.05) is 37.3 Å². The number of nitrogens with one attached hydrogen (secondary N) is 2. The Hall–Kier alpha value is -4.32. The van der Waals surface area contributed by atoms with Gasteiger partial charge in [-0.25, -0.2) is 18.7 Å². The SMILES string of the molecule is C[C@H](CC(=O)OC(C)(C)C)[C@@H](Cc1ccccc1)Nc1nc(Nc2cnc(N3CCOCC3)c(F)c2)c(C(N)=O)cc1F. The summed E-state index contributed by atoms with van der Waals surface area (Å²) in [5.74, 6) is -3.04. The van der Waals surface area contributed by atoms with Crippen LogP contribution in [0.15, 0.2) is 48.7 Å². The number of carbonyl (C=O) groups is 2. The molecule has 1 aromatic carbocycles. The monoisotopic (exact) mass is 596 g/mol. The van der Waals surface area contributed by atoms with Crippen LogP contribution in [0.1, 0.15) is 50.0 Å². The first-order chi connectivity index (χ1) is 20.4. The van der Waals surface area contributed by atoms with Gasteiger partial charge in [-0.15, -0.1) is 0 Å². The Balaban J connectivity index is 1.61. The minimum atomic E-state index is -0.919. The number of aromatic nitrogens is 2. The maximum atomic E-state index is 15.4. The molecule has 0 saturated carbocycles. The van der Waals surface area contributed by atoms with Gasteiger partial charge >= 0.3 is 5.97 Å². The van der Waals surface area contributed by atoms with Gasteiger partial charge in [-0.1, -0.05) is 37.3 Å². The molecule has 2 aromatic heterocycles. The quantitative estimate of drug-likeness (QED) is 0.267. The number of anilines is 4. The molecule has 3 aromatic rings. The van der Waals surface area contributed by atoms with E-state index in [-0.39, 0.29) is 47.0 Å². The van der Waals surface area contributed by atoms with E-state index >= 15 is 8.78 Å². The van der Waals surface area contributed by atoms with Crippen LogP contribution in [0, 0.1) is 17.6 Å².